The molecule has 0 aromatic heterocycles. The van der Waals surface area contributed by atoms with Crippen molar-refractivity contribution in [2.24, 2.45) is 0 Å². The van der Waals surface area contributed by atoms with Crippen LogP contribution in [0.5, 0.6) is 11.5 Å². The number of amides is 1. The van der Waals surface area contributed by atoms with Crippen molar-refractivity contribution in [1.29, 1.82) is 5.26 Å². The normalized spacial score (nSPS) is 10.7. The molecule has 0 saturated carbocycles. The second-order valence-electron chi connectivity index (χ2n) is 5.20. The molecule has 0 aliphatic rings. The fourth-order valence-electron chi connectivity index (χ4n) is 2.12. The Morgan fingerprint density at radius 3 is 2.44 bits per heavy atom. The van der Waals surface area contributed by atoms with E-state index in [-0.39, 0.29) is 21.2 Å². The molecule has 27 heavy (non-hydrogen) atoms. The zero-order chi connectivity index (χ0) is 20.0. The van der Waals surface area contributed by atoms with Gasteiger partial charge >= 0.3 is 0 Å². The Morgan fingerprint density at radius 2 is 1.85 bits per heavy atom. The highest BCUT2D eigenvalue weighted by molar-refractivity contribution is 7.89. The molecule has 10 heteroatoms. The number of hydrogen-bond acceptors (Lipinski definition) is 6. The fraction of sp³-hybridized carbons (Fsp3) is 0.176. The summed E-state index contributed by atoms with van der Waals surface area (Å²) in [5, 5.41) is 11.5. The summed E-state index contributed by atoms with van der Waals surface area (Å²) >= 11 is 5.89. The number of nitrogens with zero attached hydrogens (tertiary/aromatic N) is 1. The van der Waals surface area contributed by atoms with Gasteiger partial charge in [-0.2, -0.15) is 5.26 Å². The van der Waals surface area contributed by atoms with Gasteiger partial charge in [0, 0.05) is 11.8 Å². The molecule has 0 atom stereocenters. The number of nitrogens with one attached hydrogen (secondary N) is 2. The maximum atomic E-state index is 12.3. The first kappa shape index (κ1) is 20.5. The number of rotatable bonds is 7. The van der Waals surface area contributed by atoms with E-state index >= 15 is 0 Å². The molecule has 2 aromatic carbocycles. The highest BCUT2D eigenvalue weighted by atomic mass is 35.5. The van der Waals surface area contributed by atoms with E-state index in [4.69, 9.17) is 26.3 Å². The third-order valence-corrected chi connectivity index (χ3v) is 5.17. The average molecular weight is 410 g/mol. The van der Waals surface area contributed by atoms with Crippen molar-refractivity contribution in [1.82, 2.24) is 4.72 Å². The summed E-state index contributed by atoms with van der Waals surface area (Å²) in [6.45, 7) is -0.492. The molecule has 8 nitrogen and oxygen atoms in total. The number of carbonyl (C=O) groups excluding carboxylic acids is 1. The average Bonchev–Trinajstić information content (AvgIpc) is 2.66. The Labute approximate surface area is 161 Å². The summed E-state index contributed by atoms with van der Waals surface area (Å²) in [7, 11) is -1.12. The number of anilines is 1. The predicted molar refractivity (Wildman–Crippen MR) is 99.5 cm³/mol. The number of ether oxygens (including phenoxy) is 2. The van der Waals surface area contributed by atoms with E-state index in [1.54, 1.807) is 0 Å². The van der Waals surface area contributed by atoms with E-state index in [9.17, 15) is 13.2 Å². The van der Waals surface area contributed by atoms with Crippen LogP contribution >= 0.6 is 11.6 Å². The smallest absolute Gasteiger partial charge is 0.241 e. The van der Waals surface area contributed by atoms with Crippen LogP contribution in [-0.2, 0) is 14.8 Å². The Kier molecular flexibility index (Phi) is 6.63. The molecule has 0 bridgehead atoms. The molecular weight excluding hydrogens is 394 g/mol. The first-order chi connectivity index (χ1) is 12.8. The lowest BCUT2D eigenvalue weighted by atomic mass is 10.2. The van der Waals surface area contributed by atoms with Crippen LogP contribution < -0.4 is 19.5 Å². The van der Waals surface area contributed by atoms with Gasteiger partial charge in [0.1, 0.15) is 6.07 Å². The second kappa shape index (κ2) is 8.73. The summed E-state index contributed by atoms with van der Waals surface area (Å²) in [4.78, 5) is 11.9. The SMILES string of the molecule is COc1ccc(S(=O)(=O)NCC(=O)Nc2ccc(C#N)c(Cl)c2)cc1OC. The lowest BCUT2D eigenvalue weighted by molar-refractivity contribution is -0.115. The van der Waals surface area contributed by atoms with E-state index in [0.717, 1.165) is 0 Å². The van der Waals surface area contributed by atoms with E-state index < -0.39 is 22.5 Å². The third-order valence-electron chi connectivity index (χ3n) is 3.46. The number of benzene rings is 2. The van der Waals surface area contributed by atoms with Crippen molar-refractivity contribution in [3.63, 3.8) is 0 Å². The minimum absolute atomic E-state index is 0.0747. The van der Waals surface area contributed by atoms with Crippen LogP contribution in [0.2, 0.25) is 5.02 Å². The lowest BCUT2D eigenvalue weighted by Crippen LogP contribution is -2.32. The van der Waals surface area contributed by atoms with Gasteiger partial charge in [0.25, 0.3) is 0 Å². The Morgan fingerprint density at radius 1 is 1.15 bits per heavy atom. The minimum Gasteiger partial charge on any atom is -0.493 e. The molecule has 1 amide bonds. The van der Waals surface area contributed by atoms with Crippen molar-refractivity contribution in [2.75, 3.05) is 26.1 Å². The summed E-state index contributed by atoms with van der Waals surface area (Å²) in [6.07, 6.45) is 0. The monoisotopic (exact) mass is 409 g/mol. The number of hydrogen-bond donors (Lipinski definition) is 2. The number of carbonyl (C=O) groups is 1. The molecule has 2 rings (SSSR count). The molecule has 0 aliphatic heterocycles. The summed E-state index contributed by atoms with van der Waals surface area (Å²) in [6, 6.07) is 10.3. The van der Waals surface area contributed by atoms with Crippen LogP contribution in [0.3, 0.4) is 0 Å². The van der Waals surface area contributed by atoms with Gasteiger partial charge in [0.15, 0.2) is 11.5 Å². The molecule has 0 saturated heterocycles. The molecule has 0 fully saturated rings. The van der Waals surface area contributed by atoms with Crippen LogP contribution in [0.4, 0.5) is 5.69 Å². The minimum atomic E-state index is -3.94. The van der Waals surface area contributed by atoms with Crippen molar-refractivity contribution >= 4 is 33.2 Å². The van der Waals surface area contributed by atoms with E-state index in [2.05, 4.69) is 10.0 Å². The first-order valence-electron chi connectivity index (χ1n) is 7.52. The van der Waals surface area contributed by atoms with Crippen molar-refractivity contribution in [2.45, 2.75) is 4.90 Å². The number of sulfonamides is 1. The van der Waals surface area contributed by atoms with Crippen LogP contribution in [-0.4, -0.2) is 35.1 Å². The molecular formula is C17H16ClN3O5S. The largest absolute Gasteiger partial charge is 0.493 e. The predicted octanol–water partition coefficient (Wildman–Crippen LogP) is 2.15. The van der Waals surface area contributed by atoms with Crippen LogP contribution in [0, 0.1) is 11.3 Å². The zero-order valence-corrected chi connectivity index (χ0v) is 16.0. The van der Waals surface area contributed by atoms with Gasteiger partial charge in [-0.3, -0.25) is 4.79 Å². The number of methoxy groups -OCH3 is 2. The van der Waals surface area contributed by atoms with Gasteiger partial charge in [-0.05, 0) is 30.3 Å². The van der Waals surface area contributed by atoms with Crippen LogP contribution in [0.1, 0.15) is 5.56 Å². The third kappa shape index (κ3) is 5.10. The van der Waals surface area contributed by atoms with E-state index in [1.807, 2.05) is 6.07 Å². The molecule has 0 spiro atoms. The van der Waals surface area contributed by atoms with Gasteiger partial charge in [-0.15, -0.1) is 0 Å². The van der Waals surface area contributed by atoms with Gasteiger partial charge in [0.2, 0.25) is 15.9 Å². The van der Waals surface area contributed by atoms with Gasteiger partial charge in [0.05, 0.1) is 36.2 Å². The standard InChI is InChI=1S/C17H16ClN3O5S/c1-25-15-6-5-13(8-16(15)26-2)27(23,24)20-10-17(22)21-12-4-3-11(9-19)14(18)7-12/h3-8,20H,10H2,1-2H3,(H,21,22). The van der Waals surface area contributed by atoms with Crippen molar-refractivity contribution in [3.05, 3.63) is 47.0 Å². The van der Waals surface area contributed by atoms with Crippen LogP contribution in [0.15, 0.2) is 41.3 Å². The molecule has 2 N–H and O–H groups in total. The molecule has 0 heterocycles. The maximum absolute atomic E-state index is 12.3. The summed E-state index contributed by atoms with van der Waals surface area (Å²) in [5.74, 6) is 0.0313. The summed E-state index contributed by atoms with van der Waals surface area (Å²) < 4.78 is 37.0. The van der Waals surface area contributed by atoms with E-state index in [1.165, 1.54) is 50.6 Å². The topological polar surface area (TPSA) is 118 Å². The molecule has 0 aliphatic carbocycles. The molecule has 0 radical (unpaired) electrons. The Bertz CT molecular complexity index is 1000. The highest BCUT2D eigenvalue weighted by Gasteiger charge is 2.18. The zero-order valence-electron chi connectivity index (χ0n) is 14.4. The number of halogens is 1. The summed E-state index contributed by atoms with van der Waals surface area (Å²) in [5.41, 5.74) is 0.609. The van der Waals surface area contributed by atoms with E-state index in [0.29, 0.717) is 11.4 Å². The molecule has 2 aromatic rings. The maximum Gasteiger partial charge on any atom is 0.241 e. The fourth-order valence-corrected chi connectivity index (χ4v) is 3.34. The van der Waals surface area contributed by atoms with Gasteiger partial charge in [-0.25, -0.2) is 13.1 Å². The first-order valence-corrected chi connectivity index (χ1v) is 9.38. The second-order valence-corrected chi connectivity index (χ2v) is 7.37. The van der Waals surface area contributed by atoms with Crippen molar-refractivity contribution < 1.29 is 22.7 Å². The highest BCUT2D eigenvalue weighted by Crippen LogP contribution is 2.29. The lowest BCUT2D eigenvalue weighted by Gasteiger charge is -2.11. The van der Waals surface area contributed by atoms with Crippen LogP contribution in [0.25, 0.3) is 0 Å². The van der Waals surface area contributed by atoms with Crippen molar-refractivity contribution in [3.8, 4) is 17.6 Å². The Balaban J connectivity index is 2.05. The molecule has 142 valence electrons. The Hall–Kier alpha value is -2.80. The molecule has 0 unspecified atom stereocenters. The number of nitriles is 1. The quantitative estimate of drug-likeness (QED) is 0.723. The van der Waals surface area contributed by atoms with Gasteiger partial charge in [-0.1, -0.05) is 11.6 Å². The van der Waals surface area contributed by atoms with Gasteiger partial charge < -0.3 is 14.8 Å².